The zero-order chi connectivity index (χ0) is 22.7. The van der Waals surface area contributed by atoms with Crippen LogP contribution in [0.4, 0.5) is 0 Å². The van der Waals surface area contributed by atoms with Gasteiger partial charge >= 0.3 is 0 Å². The van der Waals surface area contributed by atoms with E-state index < -0.39 is 11.8 Å². The Bertz CT molecular complexity index is 1270. The molecule has 0 aliphatic heterocycles. The average molecular weight is 430 g/mol. The molecule has 0 atom stereocenters. The fourth-order valence-corrected chi connectivity index (χ4v) is 3.34. The van der Waals surface area contributed by atoms with Crippen LogP contribution in [-0.2, 0) is 0 Å². The number of carbonyl (C=O) groups excluding carboxylic acids is 2. The number of carbonyl (C=O) groups is 2. The highest BCUT2D eigenvalue weighted by molar-refractivity contribution is 6.02. The Kier molecular flexibility index (Phi) is 5.76. The number of aryl methyl sites for hydroxylation is 2. The number of rotatable bonds is 5. The fourth-order valence-electron chi connectivity index (χ4n) is 3.34. The Morgan fingerprint density at radius 1 is 0.938 bits per heavy atom. The van der Waals surface area contributed by atoms with Gasteiger partial charge in [-0.3, -0.25) is 20.4 Å². The van der Waals surface area contributed by atoms with Crippen LogP contribution in [0.3, 0.4) is 0 Å². The van der Waals surface area contributed by atoms with Crippen LogP contribution in [0.2, 0.25) is 0 Å². The molecule has 0 spiro atoms. The summed E-state index contributed by atoms with van der Waals surface area (Å²) < 4.78 is 12.3. The minimum atomic E-state index is -0.503. The second-order valence-corrected chi connectivity index (χ2v) is 7.14. The topological polar surface area (TPSA) is 98.4 Å². The first-order valence-electron chi connectivity index (χ1n) is 9.93. The Labute approximate surface area is 184 Å². The highest BCUT2D eigenvalue weighted by Crippen LogP contribution is 2.27. The number of ether oxygens (including phenoxy) is 1. The van der Waals surface area contributed by atoms with Crippen LogP contribution in [0, 0.1) is 13.8 Å². The Hall–Kier alpha value is -4.33. The predicted molar refractivity (Wildman–Crippen MR) is 119 cm³/mol. The molecular weight excluding hydrogens is 408 g/mol. The average Bonchev–Trinajstić information content (AvgIpc) is 3.41. The number of hydrogen-bond acceptors (Lipinski definition) is 5. The van der Waals surface area contributed by atoms with Crippen molar-refractivity contribution >= 4 is 11.8 Å². The lowest BCUT2D eigenvalue weighted by atomic mass is 10.1. The first kappa shape index (κ1) is 20.9. The number of nitrogens with zero attached hydrogens (tertiary/aromatic N) is 2. The lowest BCUT2D eigenvalue weighted by Gasteiger charge is -2.07. The van der Waals surface area contributed by atoms with E-state index >= 15 is 0 Å². The molecule has 0 aliphatic rings. The Morgan fingerprint density at radius 3 is 2.31 bits per heavy atom. The van der Waals surface area contributed by atoms with Crippen molar-refractivity contribution in [3.63, 3.8) is 0 Å². The van der Waals surface area contributed by atoms with Gasteiger partial charge in [0.05, 0.1) is 23.9 Å². The smallest absolute Gasteiger partial charge is 0.273 e. The summed E-state index contributed by atoms with van der Waals surface area (Å²) in [5.41, 5.74) is 7.52. The van der Waals surface area contributed by atoms with Gasteiger partial charge in [-0.1, -0.05) is 30.3 Å². The molecule has 2 aromatic carbocycles. The summed E-state index contributed by atoms with van der Waals surface area (Å²) in [6.45, 7) is 3.44. The summed E-state index contributed by atoms with van der Waals surface area (Å²) in [4.78, 5) is 25.5. The minimum Gasteiger partial charge on any atom is -0.497 e. The third-order valence-electron chi connectivity index (χ3n) is 4.90. The third-order valence-corrected chi connectivity index (χ3v) is 4.90. The second-order valence-electron chi connectivity index (χ2n) is 7.14. The van der Waals surface area contributed by atoms with Gasteiger partial charge in [-0.25, -0.2) is 4.68 Å². The fraction of sp³-hybridized carbons (Fsp3) is 0.125. The van der Waals surface area contributed by atoms with Crippen LogP contribution in [0.25, 0.3) is 16.9 Å². The summed E-state index contributed by atoms with van der Waals surface area (Å²) in [6.07, 6.45) is 1.62. The normalized spacial score (nSPS) is 10.6. The van der Waals surface area contributed by atoms with Gasteiger partial charge in [-0.05, 0) is 44.2 Å². The van der Waals surface area contributed by atoms with Gasteiger partial charge in [-0.2, -0.15) is 5.10 Å². The molecule has 162 valence electrons. The molecule has 0 radical (unpaired) electrons. The summed E-state index contributed by atoms with van der Waals surface area (Å²) >= 11 is 0. The maximum Gasteiger partial charge on any atom is 0.273 e. The first-order chi connectivity index (χ1) is 15.5. The lowest BCUT2D eigenvalue weighted by molar-refractivity contribution is 0.0846. The zero-order valence-corrected chi connectivity index (χ0v) is 17.9. The van der Waals surface area contributed by atoms with Gasteiger partial charge in [-0.15, -0.1) is 0 Å². The number of methoxy groups -OCH3 is 1. The molecular formula is C24H22N4O4. The van der Waals surface area contributed by atoms with Crippen LogP contribution in [0.5, 0.6) is 5.75 Å². The second kappa shape index (κ2) is 8.81. The Balaban J connectivity index is 1.65. The van der Waals surface area contributed by atoms with Crippen molar-refractivity contribution in [1.82, 2.24) is 20.6 Å². The van der Waals surface area contributed by atoms with Crippen molar-refractivity contribution in [2.75, 3.05) is 7.11 Å². The van der Waals surface area contributed by atoms with Gasteiger partial charge in [0.25, 0.3) is 11.8 Å². The minimum absolute atomic E-state index is 0.294. The summed E-state index contributed by atoms with van der Waals surface area (Å²) in [6, 6.07) is 18.3. The van der Waals surface area contributed by atoms with E-state index in [-0.39, 0.29) is 0 Å². The van der Waals surface area contributed by atoms with Crippen molar-refractivity contribution in [2.24, 2.45) is 0 Å². The SMILES string of the molecule is COc1cccc(-c2nn(-c3ccccc3)cc2C(=O)NNC(=O)c2cc(C)oc2C)c1. The van der Waals surface area contributed by atoms with Crippen molar-refractivity contribution < 1.29 is 18.7 Å². The largest absolute Gasteiger partial charge is 0.497 e. The highest BCUT2D eigenvalue weighted by Gasteiger charge is 2.21. The number of hydrazine groups is 1. The van der Waals surface area contributed by atoms with E-state index in [1.54, 1.807) is 44.0 Å². The van der Waals surface area contributed by atoms with Crippen LogP contribution in [-0.4, -0.2) is 28.7 Å². The van der Waals surface area contributed by atoms with E-state index in [0.29, 0.717) is 39.7 Å². The molecule has 0 fully saturated rings. The number of nitrogens with one attached hydrogen (secondary N) is 2. The predicted octanol–water partition coefficient (Wildman–Crippen LogP) is 3.83. The van der Waals surface area contributed by atoms with Gasteiger partial charge in [0, 0.05) is 11.8 Å². The molecule has 32 heavy (non-hydrogen) atoms. The number of hydrogen-bond donors (Lipinski definition) is 2. The van der Waals surface area contributed by atoms with Crippen LogP contribution >= 0.6 is 0 Å². The molecule has 0 bridgehead atoms. The van der Waals surface area contributed by atoms with Gasteiger partial charge in [0.15, 0.2) is 0 Å². The molecule has 2 heterocycles. The molecule has 0 saturated heterocycles. The quantitative estimate of drug-likeness (QED) is 0.469. The number of amides is 2. The van der Waals surface area contributed by atoms with E-state index in [4.69, 9.17) is 9.15 Å². The summed E-state index contributed by atoms with van der Waals surface area (Å²) in [5.74, 6) is 0.760. The van der Waals surface area contributed by atoms with Gasteiger partial charge in [0.1, 0.15) is 23.0 Å². The van der Waals surface area contributed by atoms with Crippen molar-refractivity contribution in [3.05, 3.63) is 89.5 Å². The van der Waals surface area contributed by atoms with Gasteiger partial charge in [0.2, 0.25) is 0 Å². The van der Waals surface area contributed by atoms with E-state index in [1.807, 2.05) is 48.5 Å². The third kappa shape index (κ3) is 4.24. The monoisotopic (exact) mass is 430 g/mol. The number of benzene rings is 2. The van der Waals surface area contributed by atoms with Gasteiger partial charge < -0.3 is 9.15 Å². The standard InChI is InChI=1S/C24H22N4O4/c1-15-12-20(16(2)32-15)23(29)25-26-24(30)21-14-28(18-9-5-4-6-10-18)27-22(21)17-8-7-11-19(13-17)31-3/h4-14H,1-3H3,(H,25,29)(H,26,30). The molecule has 4 aromatic rings. The van der Waals surface area contributed by atoms with Crippen molar-refractivity contribution in [3.8, 4) is 22.7 Å². The molecule has 0 unspecified atom stereocenters. The zero-order valence-electron chi connectivity index (χ0n) is 17.9. The number of para-hydroxylation sites is 1. The van der Waals surface area contributed by atoms with Crippen LogP contribution in [0.15, 0.2) is 71.3 Å². The van der Waals surface area contributed by atoms with Crippen molar-refractivity contribution in [2.45, 2.75) is 13.8 Å². The maximum absolute atomic E-state index is 13.0. The summed E-state index contributed by atoms with van der Waals surface area (Å²) in [5, 5.41) is 4.62. The van der Waals surface area contributed by atoms with E-state index in [2.05, 4.69) is 16.0 Å². The van der Waals surface area contributed by atoms with Crippen LogP contribution < -0.4 is 15.6 Å². The molecule has 0 aliphatic carbocycles. The maximum atomic E-state index is 13.0. The molecule has 2 amide bonds. The molecule has 4 rings (SSSR count). The lowest BCUT2D eigenvalue weighted by Crippen LogP contribution is -2.41. The number of furan rings is 1. The van der Waals surface area contributed by atoms with E-state index in [9.17, 15) is 9.59 Å². The molecule has 0 saturated carbocycles. The molecule has 2 aromatic heterocycles. The Morgan fingerprint density at radius 2 is 1.66 bits per heavy atom. The van der Waals surface area contributed by atoms with E-state index in [1.165, 1.54) is 0 Å². The van der Waals surface area contributed by atoms with E-state index in [0.717, 1.165) is 5.69 Å². The molecule has 2 N–H and O–H groups in total. The summed E-state index contributed by atoms with van der Waals surface area (Å²) in [7, 11) is 1.57. The van der Waals surface area contributed by atoms with Crippen molar-refractivity contribution in [1.29, 1.82) is 0 Å². The van der Waals surface area contributed by atoms with Crippen LogP contribution in [0.1, 0.15) is 32.2 Å². The molecule has 8 heteroatoms. The highest BCUT2D eigenvalue weighted by atomic mass is 16.5. The number of aromatic nitrogens is 2. The molecule has 8 nitrogen and oxygen atoms in total. The first-order valence-corrected chi connectivity index (χ1v) is 9.93.